The van der Waals surface area contributed by atoms with Crippen LogP contribution in [-0.2, 0) is 0 Å². The van der Waals surface area contributed by atoms with Gasteiger partial charge in [0.25, 0.3) is 0 Å². The highest BCUT2D eigenvalue weighted by molar-refractivity contribution is 6.32. The lowest BCUT2D eigenvalue weighted by atomic mass is 9.85. The number of nitriles is 1. The topological polar surface area (TPSA) is 98.5 Å². The number of ether oxygens (including phenoxy) is 1. The van der Waals surface area contributed by atoms with E-state index in [0.717, 1.165) is 72.8 Å². The number of benzene rings is 2. The molecule has 1 aromatic heterocycles. The van der Waals surface area contributed by atoms with Crippen LogP contribution in [0.4, 0.5) is 5.69 Å². The highest BCUT2D eigenvalue weighted by atomic mass is 35.5. The van der Waals surface area contributed by atoms with Crippen molar-refractivity contribution in [2.24, 2.45) is 11.8 Å². The van der Waals surface area contributed by atoms with Crippen molar-refractivity contribution < 1.29 is 14.6 Å². The van der Waals surface area contributed by atoms with Crippen molar-refractivity contribution in [1.82, 2.24) is 9.88 Å². The number of phenols is 1. The molecule has 2 aromatic carbocycles. The minimum atomic E-state index is -0.0885. The molecule has 2 aliphatic carbocycles. The van der Waals surface area contributed by atoms with Crippen LogP contribution in [0.5, 0.6) is 11.5 Å². The SMILES string of the molecule is COc1cc(-c2ccc3ncc(C(=O)C4CC4)c(N[C@H]4CC[C@@H](CN(C)CC#N)CC4)c3c2)cc(Cl)c1O. The van der Waals surface area contributed by atoms with Crippen LogP contribution in [0.2, 0.25) is 5.02 Å². The number of anilines is 1. The van der Waals surface area contributed by atoms with E-state index in [0.29, 0.717) is 23.8 Å². The first-order valence-corrected chi connectivity index (χ1v) is 13.6. The van der Waals surface area contributed by atoms with Crippen LogP contribution in [0, 0.1) is 23.2 Å². The molecule has 2 fully saturated rings. The van der Waals surface area contributed by atoms with Gasteiger partial charge in [-0.15, -0.1) is 0 Å². The Morgan fingerprint density at radius 1 is 1.18 bits per heavy atom. The maximum absolute atomic E-state index is 13.3. The number of nitrogens with one attached hydrogen (secondary N) is 1. The molecule has 0 spiro atoms. The van der Waals surface area contributed by atoms with Gasteiger partial charge in [-0.2, -0.15) is 5.26 Å². The number of pyridine rings is 1. The number of phenolic OH excluding ortho intramolecular Hbond substituents is 1. The average molecular weight is 533 g/mol. The Labute approximate surface area is 228 Å². The number of ketones is 1. The van der Waals surface area contributed by atoms with Crippen LogP contribution < -0.4 is 10.1 Å². The molecule has 3 aromatic rings. The fourth-order valence-electron chi connectivity index (χ4n) is 5.50. The van der Waals surface area contributed by atoms with Crippen molar-refractivity contribution >= 4 is 34.0 Å². The first-order chi connectivity index (χ1) is 18.4. The zero-order chi connectivity index (χ0) is 26.8. The molecule has 8 heteroatoms. The summed E-state index contributed by atoms with van der Waals surface area (Å²) in [6.45, 7) is 1.39. The van der Waals surface area contributed by atoms with Crippen LogP contribution in [0.1, 0.15) is 48.9 Å². The molecular formula is C30H33ClN4O3. The second kappa shape index (κ2) is 11.2. The maximum atomic E-state index is 13.3. The van der Waals surface area contributed by atoms with E-state index < -0.39 is 0 Å². The van der Waals surface area contributed by atoms with Crippen molar-refractivity contribution in [3.63, 3.8) is 0 Å². The number of aromatic hydroxyl groups is 1. The number of hydrogen-bond donors (Lipinski definition) is 2. The van der Waals surface area contributed by atoms with Crippen LogP contribution in [0.25, 0.3) is 22.0 Å². The Morgan fingerprint density at radius 2 is 1.95 bits per heavy atom. The Balaban J connectivity index is 1.47. The number of rotatable bonds is 9. The van der Waals surface area contributed by atoms with Crippen LogP contribution in [0.15, 0.2) is 36.5 Å². The number of methoxy groups -OCH3 is 1. The zero-order valence-electron chi connectivity index (χ0n) is 21.8. The molecule has 7 nitrogen and oxygen atoms in total. The van der Waals surface area contributed by atoms with Gasteiger partial charge in [-0.25, -0.2) is 0 Å². The normalized spacial score (nSPS) is 19.3. The summed E-state index contributed by atoms with van der Waals surface area (Å²) < 4.78 is 5.31. The lowest BCUT2D eigenvalue weighted by Gasteiger charge is -2.32. The van der Waals surface area contributed by atoms with Gasteiger partial charge in [-0.3, -0.25) is 14.7 Å². The molecule has 2 aliphatic rings. The van der Waals surface area contributed by atoms with E-state index in [1.165, 1.54) is 7.11 Å². The monoisotopic (exact) mass is 532 g/mol. The lowest BCUT2D eigenvalue weighted by molar-refractivity contribution is 0.0968. The smallest absolute Gasteiger partial charge is 0.176 e. The molecule has 198 valence electrons. The number of carbonyl (C=O) groups is 1. The third-order valence-electron chi connectivity index (χ3n) is 7.77. The maximum Gasteiger partial charge on any atom is 0.176 e. The van der Waals surface area contributed by atoms with E-state index in [4.69, 9.17) is 21.6 Å². The highest BCUT2D eigenvalue weighted by Gasteiger charge is 2.33. The van der Waals surface area contributed by atoms with E-state index in [-0.39, 0.29) is 28.5 Å². The van der Waals surface area contributed by atoms with Crippen molar-refractivity contribution in [2.75, 3.05) is 32.6 Å². The minimum absolute atomic E-state index is 0.0876. The van der Waals surface area contributed by atoms with E-state index in [2.05, 4.69) is 21.3 Å². The molecule has 0 bridgehead atoms. The van der Waals surface area contributed by atoms with Gasteiger partial charge in [0, 0.05) is 30.1 Å². The molecule has 0 radical (unpaired) electrons. The second-order valence-electron chi connectivity index (χ2n) is 10.6. The summed E-state index contributed by atoms with van der Waals surface area (Å²) in [7, 11) is 3.49. The highest BCUT2D eigenvalue weighted by Crippen LogP contribution is 2.41. The van der Waals surface area contributed by atoms with Gasteiger partial charge in [-0.05, 0) is 86.9 Å². The third-order valence-corrected chi connectivity index (χ3v) is 8.06. The number of halogens is 1. The Morgan fingerprint density at radius 3 is 2.63 bits per heavy atom. The molecule has 0 unspecified atom stereocenters. The van der Waals surface area contributed by atoms with Gasteiger partial charge in [0.2, 0.25) is 0 Å². The van der Waals surface area contributed by atoms with E-state index in [1.807, 2.05) is 25.2 Å². The molecule has 2 saturated carbocycles. The number of Topliss-reactive ketones (excluding diaryl/α,β-unsaturated/α-hetero) is 1. The van der Waals surface area contributed by atoms with E-state index >= 15 is 0 Å². The fourth-order valence-corrected chi connectivity index (χ4v) is 5.71. The van der Waals surface area contributed by atoms with Crippen molar-refractivity contribution in [1.29, 1.82) is 5.26 Å². The first-order valence-electron chi connectivity index (χ1n) is 13.2. The largest absolute Gasteiger partial charge is 0.503 e. The molecule has 1 heterocycles. The van der Waals surface area contributed by atoms with Gasteiger partial charge in [0.15, 0.2) is 17.3 Å². The van der Waals surface area contributed by atoms with Gasteiger partial charge in [-0.1, -0.05) is 17.7 Å². The average Bonchev–Trinajstić information content (AvgIpc) is 3.77. The predicted octanol–water partition coefficient (Wildman–Crippen LogP) is 6.29. The van der Waals surface area contributed by atoms with Crippen LogP contribution >= 0.6 is 11.6 Å². The molecule has 2 N–H and O–H groups in total. The first kappa shape index (κ1) is 26.3. The summed E-state index contributed by atoms with van der Waals surface area (Å²) in [4.78, 5) is 20.0. The number of carbonyl (C=O) groups excluding carboxylic acids is 1. The molecule has 0 saturated heterocycles. The van der Waals surface area contributed by atoms with Gasteiger partial charge in [0.1, 0.15) is 0 Å². The molecule has 0 atom stereocenters. The standard InChI is InChI=1S/C30H33ClN4O3/c1-35(12-11-32)17-18-3-8-22(9-4-18)34-28-23-13-20(21-14-25(31)30(37)27(15-21)38-2)7-10-26(23)33-16-24(28)29(36)19-5-6-19/h7,10,13-16,18-19,22,37H,3-6,8-9,12,17H2,1-2H3,(H,33,34)/t18-,22+. The number of aromatic nitrogens is 1. The lowest BCUT2D eigenvalue weighted by Crippen LogP contribution is -2.32. The van der Waals surface area contributed by atoms with E-state index in [1.54, 1.807) is 18.3 Å². The molecule has 0 aliphatic heterocycles. The Hall–Kier alpha value is -3.34. The number of fused-ring (bicyclic) bond motifs is 1. The van der Waals surface area contributed by atoms with Gasteiger partial charge in [0.05, 0.1) is 41.5 Å². The van der Waals surface area contributed by atoms with Crippen LogP contribution in [-0.4, -0.2) is 54.1 Å². The molecule has 0 amide bonds. The predicted molar refractivity (Wildman–Crippen MR) is 150 cm³/mol. The third kappa shape index (κ3) is 5.57. The summed E-state index contributed by atoms with van der Waals surface area (Å²) in [6, 6.07) is 11.9. The van der Waals surface area contributed by atoms with Crippen molar-refractivity contribution in [3.05, 3.63) is 47.1 Å². The summed E-state index contributed by atoms with van der Waals surface area (Å²) in [5.41, 5.74) is 4.03. The summed E-state index contributed by atoms with van der Waals surface area (Å²) in [5, 5.41) is 24.0. The summed E-state index contributed by atoms with van der Waals surface area (Å²) in [5.74, 6) is 1.04. The van der Waals surface area contributed by atoms with Crippen LogP contribution in [0.3, 0.4) is 0 Å². The zero-order valence-corrected chi connectivity index (χ0v) is 22.6. The summed E-state index contributed by atoms with van der Waals surface area (Å²) >= 11 is 6.28. The Kier molecular flexibility index (Phi) is 7.73. The van der Waals surface area contributed by atoms with Crippen molar-refractivity contribution in [2.45, 2.75) is 44.6 Å². The summed E-state index contributed by atoms with van der Waals surface area (Å²) in [6.07, 6.45) is 7.78. The second-order valence-corrected chi connectivity index (χ2v) is 11.1. The fraction of sp³-hybridized carbons (Fsp3) is 0.433. The van der Waals surface area contributed by atoms with Crippen molar-refractivity contribution in [3.8, 4) is 28.7 Å². The van der Waals surface area contributed by atoms with E-state index in [9.17, 15) is 9.90 Å². The quantitative estimate of drug-likeness (QED) is 0.247. The van der Waals surface area contributed by atoms with Gasteiger partial charge >= 0.3 is 0 Å². The number of nitrogens with zero attached hydrogens (tertiary/aromatic N) is 3. The number of hydrogen-bond acceptors (Lipinski definition) is 7. The molecular weight excluding hydrogens is 500 g/mol. The molecule has 5 rings (SSSR count). The molecule has 38 heavy (non-hydrogen) atoms. The minimum Gasteiger partial charge on any atom is -0.503 e. The van der Waals surface area contributed by atoms with Gasteiger partial charge < -0.3 is 15.2 Å². The Bertz CT molecular complexity index is 1390.